The first-order valence-electron chi connectivity index (χ1n) is 6.87. The summed E-state index contributed by atoms with van der Waals surface area (Å²) in [4.78, 5) is 0.253. The number of hydrogen-bond acceptors (Lipinski definition) is 3. The van der Waals surface area contributed by atoms with Gasteiger partial charge in [-0.2, -0.15) is 9.57 Å². The average Bonchev–Trinajstić information content (AvgIpc) is 2.42. The highest BCUT2D eigenvalue weighted by molar-refractivity contribution is 7.89. The fourth-order valence-corrected chi connectivity index (χ4v) is 3.22. The SMILES string of the molecule is CCN(CC#N)S(=O)(=O)c1ccc(CCC(C)C)cc1. The zero-order valence-electron chi connectivity index (χ0n) is 12.3. The Balaban J connectivity index is 2.89. The average molecular weight is 294 g/mol. The Bertz CT molecular complexity index is 557. The van der Waals surface area contributed by atoms with Gasteiger partial charge in [0.15, 0.2) is 0 Å². The lowest BCUT2D eigenvalue weighted by Gasteiger charge is -2.17. The molecule has 0 unspecified atom stereocenters. The molecule has 0 radical (unpaired) electrons. The molecule has 0 N–H and O–H groups in total. The molecular formula is C15H22N2O2S. The molecule has 1 rings (SSSR count). The van der Waals surface area contributed by atoms with E-state index in [0.29, 0.717) is 12.5 Å². The van der Waals surface area contributed by atoms with Crippen molar-refractivity contribution in [3.8, 4) is 6.07 Å². The molecule has 4 nitrogen and oxygen atoms in total. The predicted molar refractivity (Wildman–Crippen MR) is 79.6 cm³/mol. The van der Waals surface area contributed by atoms with Gasteiger partial charge >= 0.3 is 0 Å². The molecule has 0 heterocycles. The van der Waals surface area contributed by atoms with Crippen molar-refractivity contribution >= 4 is 10.0 Å². The van der Waals surface area contributed by atoms with Crippen molar-refractivity contribution in [1.29, 1.82) is 5.26 Å². The zero-order chi connectivity index (χ0) is 15.2. The van der Waals surface area contributed by atoms with Crippen LogP contribution in [0, 0.1) is 17.2 Å². The topological polar surface area (TPSA) is 61.2 Å². The van der Waals surface area contributed by atoms with Crippen molar-refractivity contribution in [3.05, 3.63) is 29.8 Å². The van der Waals surface area contributed by atoms with Gasteiger partial charge in [0.05, 0.1) is 11.0 Å². The number of nitriles is 1. The number of sulfonamides is 1. The van der Waals surface area contributed by atoms with Crippen molar-refractivity contribution in [2.45, 2.75) is 38.5 Å². The Kier molecular flexibility index (Phi) is 6.18. The summed E-state index contributed by atoms with van der Waals surface area (Å²) in [6.07, 6.45) is 2.04. The molecule has 0 aromatic heterocycles. The molecule has 0 aliphatic carbocycles. The minimum atomic E-state index is -3.55. The first kappa shape index (κ1) is 16.7. The zero-order valence-corrected chi connectivity index (χ0v) is 13.2. The molecule has 0 saturated heterocycles. The molecule has 0 saturated carbocycles. The fourth-order valence-electron chi connectivity index (χ4n) is 1.88. The molecule has 0 spiro atoms. The lowest BCUT2D eigenvalue weighted by molar-refractivity contribution is 0.462. The second kappa shape index (κ2) is 7.41. The number of hydrogen-bond donors (Lipinski definition) is 0. The van der Waals surface area contributed by atoms with Crippen LogP contribution in [0.1, 0.15) is 32.8 Å². The molecule has 0 amide bonds. The summed E-state index contributed by atoms with van der Waals surface area (Å²) < 4.78 is 25.8. The van der Waals surface area contributed by atoms with Crippen LogP contribution in [-0.4, -0.2) is 25.8 Å². The maximum atomic E-state index is 12.3. The highest BCUT2D eigenvalue weighted by Crippen LogP contribution is 2.17. The maximum absolute atomic E-state index is 12.3. The molecular weight excluding hydrogens is 272 g/mol. The molecule has 110 valence electrons. The van der Waals surface area contributed by atoms with Crippen LogP contribution >= 0.6 is 0 Å². The Hall–Kier alpha value is -1.38. The van der Waals surface area contributed by atoms with Gasteiger partial charge in [0.1, 0.15) is 6.54 Å². The van der Waals surface area contributed by atoms with Crippen LogP contribution in [0.15, 0.2) is 29.2 Å². The Labute approximate surface area is 122 Å². The molecule has 5 heteroatoms. The van der Waals surface area contributed by atoms with Crippen molar-refractivity contribution in [2.75, 3.05) is 13.1 Å². The van der Waals surface area contributed by atoms with Gasteiger partial charge in [-0.1, -0.05) is 32.9 Å². The second-order valence-electron chi connectivity index (χ2n) is 5.17. The van der Waals surface area contributed by atoms with Crippen LogP contribution in [0.2, 0.25) is 0 Å². The van der Waals surface area contributed by atoms with Crippen molar-refractivity contribution in [1.82, 2.24) is 4.31 Å². The van der Waals surface area contributed by atoms with Gasteiger partial charge in [0.25, 0.3) is 0 Å². The van der Waals surface area contributed by atoms with Crippen LogP contribution < -0.4 is 0 Å². The first-order valence-corrected chi connectivity index (χ1v) is 8.31. The van der Waals surface area contributed by atoms with Crippen LogP contribution in [0.5, 0.6) is 0 Å². The predicted octanol–water partition coefficient (Wildman–Crippen LogP) is 2.81. The molecule has 20 heavy (non-hydrogen) atoms. The van der Waals surface area contributed by atoms with E-state index in [1.54, 1.807) is 19.1 Å². The summed E-state index contributed by atoms with van der Waals surface area (Å²) in [6, 6.07) is 8.86. The van der Waals surface area contributed by atoms with E-state index < -0.39 is 10.0 Å². The van der Waals surface area contributed by atoms with Crippen LogP contribution in [-0.2, 0) is 16.4 Å². The van der Waals surface area contributed by atoms with Crippen LogP contribution in [0.25, 0.3) is 0 Å². The minimum Gasteiger partial charge on any atom is -0.207 e. The largest absolute Gasteiger partial charge is 0.244 e. The quantitative estimate of drug-likeness (QED) is 0.726. The van der Waals surface area contributed by atoms with Gasteiger partial charge in [-0.05, 0) is 36.5 Å². The summed E-state index contributed by atoms with van der Waals surface area (Å²) in [5, 5.41) is 8.69. The molecule has 0 aliphatic heterocycles. The van der Waals surface area contributed by atoms with Gasteiger partial charge in [0.2, 0.25) is 10.0 Å². The Morgan fingerprint density at radius 3 is 2.30 bits per heavy atom. The summed E-state index contributed by atoms with van der Waals surface area (Å²) in [6.45, 7) is 6.24. The molecule has 0 bridgehead atoms. The fraction of sp³-hybridized carbons (Fsp3) is 0.533. The number of rotatable bonds is 7. The highest BCUT2D eigenvalue weighted by atomic mass is 32.2. The molecule has 0 atom stereocenters. The third kappa shape index (κ3) is 4.32. The van der Waals surface area contributed by atoms with Gasteiger partial charge in [-0.3, -0.25) is 0 Å². The third-order valence-electron chi connectivity index (χ3n) is 3.17. The summed E-state index contributed by atoms with van der Waals surface area (Å²) in [5.74, 6) is 0.629. The van der Waals surface area contributed by atoms with E-state index in [1.165, 1.54) is 4.31 Å². The monoisotopic (exact) mass is 294 g/mol. The normalized spacial score (nSPS) is 11.8. The van der Waals surface area contributed by atoms with Gasteiger partial charge < -0.3 is 0 Å². The van der Waals surface area contributed by atoms with Gasteiger partial charge in [-0.25, -0.2) is 8.42 Å². The van der Waals surface area contributed by atoms with E-state index in [9.17, 15) is 8.42 Å². The molecule has 0 aliphatic rings. The van der Waals surface area contributed by atoms with Gasteiger partial charge in [0, 0.05) is 6.54 Å². The van der Waals surface area contributed by atoms with E-state index in [-0.39, 0.29) is 11.4 Å². The smallest absolute Gasteiger partial charge is 0.207 e. The lowest BCUT2D eigenvalue weighted by Crippen LogP contribution is -2.31. The molecule has 1 aromatic rings. The summed E-state index contributed by atoms with van der Waals surface area (Å²) >= 11 is 0. The molecule has 0 fully saturated rings. The van der Waals surface area contributed by atoms with Crippen molar-refractivity contribution in [2.24, 2.45) is 5.92 Å². The standard InChI is InChI=1S/C15H22N2O2S/c1-4-17(12-11-16)20(18,19)15-9-7-14(8-10-15)6-5-13(2)3/h7-10,13H,4-6,12H2,1-3H3. The first-order chi connectivity index (χ1) is 9.41. The minimum absolute atomic E-state index is 0.117. The summed E-state index contributed by atoms with van der Waals surface area (Å²) in [5.41, 5.74) is 1.14. The van der Waals surface area contributed by atoms with E-state index >= 15 is 0 Å². The van der Waals surface area contributed by atoms with Gasteiger partial charge in [-0.15, -0.1) is 0 Å². The van der Waals surface area contributed by atoms with Crippen molar-refractivity contribution in [3.63, 3.8) is 0 Å². The van der Waals surface area contributed by atoms with E-state index in [1.807, 2.05) is 18.2 Å². The van der Waals surface area contributed by atoms with E-state index in [2.05, 4.69) is 13.8 Å². The van der Waals surface area contributed by atoms with Crippen LogP contribution in [0.3, 0.4) is 0 Å². The Morgan fingerprint density at radius 1 is 1.25 bits per heavy atom. The second-order valence-corrected chi connectivity index (χ2v) is 7.10. The lowest BCUT2D eigenvalue weighted by atomic mass is 10.0. The summed E-state index contributed by atoms with van der Waals surface area (Å²) in [7, 11) is -3.55. The van der Waals surface area contributed by atoms with E-state index in [4.69, 9.17) is 5.26 Å². The maximum Gasteiger partial charge on any atom is 0.244 e. The number of aryl methyl sites for hydroxylation is 1. The molecule has 1 aromatic carbocycles. The number of benzene rings is 1. The third-order valence-corrected chi connectivity index (χ3v) is 5.11. The Morgan fingerprint density at radius 2 is 1.85 bits per heavy atom. The van der Waals surface area contributed by atoms with E-state index in [0.717, 1.165) is 18.4 Å². The highest BCUT2D eigenvalue weighted by Gasteiger charge is 2.22. The van der Waals surface area contributed by atoms with Crippen molar-refractivity contribution < 1.29 is 8.42 Å². The number of nitrogens with zero attached hydrogens (tertiary/aromatic N) is 2. The van der Waals surface area contributed by atoms with Crippen LogP contribution in [0.4, 0.5) is 0 Å².